The van der Waals surface area contributed by atoms with Crippen LogP contribution in [0.1, 0.15) is 11.1 Å². The molecule has 1 nitrogen and oxygen atoms in total. The summed E-state index contributed by atoms with van der Waals surface area (Å²) < 4.78 is 0. The van der Waals surface area contributed by atoms with Crippen LogP contribution in [0.5, 0.6) is 0 Å². The van der Waals surface area contributed by atoms with Gasteiger partial charge in [0.2, 0.25) is 0 Å². The zero-order valence-corrected chi connectivity index (χ0v) is 8.83. The van der Waals surface area contributed by atoms with E-state index in [1.54, 1.807) is 0 Å². The molecule has 13 heavy (non-hydrogen) atoms. The number of nitriles is 1. The van der Waals surface area contributed by atoms with Crippen molar-refractivity contribution >= 4 is 19.3 Å². The fourth-order valence-electron chi connectivity index (χ4n) is 1.72. The maximum Gasteiger partial charge on any atom is 0.105 e. The normalized spacial score (nSPS) is 16.7. The molecule has 0 N–H and O–H groups in total. The summed E-state index contributed by atoms with van der Waals surface area (Å²) >= 11 is 0. The molecule has 64 valence electrons. The van der Waals surface area contributed by atoms with Crippen LogP contribution < -0.4 is 5.19 Å². The van der Waals surface area contributed by atoms with Gasteiger partial charge in [0.05, 0.1) is 11.6 Å². The summed E-state index contributed by atoms with van der Waals surface area (Å²) in [4.78, 5) is 0. The third-order valence-electron chi connectivity index (χ3n) is 2.56. The van der Waals surface area contributed by atoms with Crippen molar-refractivity contribution in [1.82, 2.24) is 0 Å². The molecule has 1 aliphatic rings. The molecule has 0 aliphatic carbocycles. The first-order chi connectivity index (χ1) is 6.13. The lowest BCUT2D eigenvalue weighted by molar-refractivity contribution is 1.49. The van der Waals surface area contributed by atoms with Crippen molar-refractivity contribution in [3.63, 3.8) is 0 Å². The topological polar surface area (TPSA) is 23.8 Å². The third-order valence-corrected chi connectivity index (χ3v) is 5.38. The maximum atomic E-state index is 8.78. The number of fused-ring (bicyclic) bond motifs is 1. The lowest BCUT2D eigenvalue weighted by Gasteiger charge is -2.14. The van der Waals surface area contributed by atoms with Crippen LogP contribution >= 0.6 is 0 Å². The minimum atomic E-state index is -1.34. The van der Waals surface area contributed by atoms with Gasteiger partial charge in [-0.1, -0.05) is 30.9 Å². The predicted octanol–water partition coefficient (Wildman–Crippen LogP) is 2.04. The molecule has 0 fully saturated rings. The molecule has 2 rings (SSSR count). The van der Waals surface area contributed by atoms with Crippen LogP contribution in [0.25, 0.3) is 6.08 Å². The van der Waals surface area contributed by atoms with E-state index in [2.05, 4.69) is 30.9 Å². The summed E-state index contributed by atoms with van der Waals surface area (Å²) in [5.74, 6) is 0. The Kier molecular flexibility index (Phi) is 1.64. The minimum absolute atomic E-state index is 0.781. The van der Waals surface area contributed by atoms with Crippen molar-refractivity contribution < 1.29 is 0 Å². The molecule has 0 unspecified atom stereocenters. The quantitative estimate of drug-likeness (QED) is 0.567. The van der Waals surface area contributed by atoms with Gasteiger partial charge in [-0.05, 0) is 22.9 Å². The molecule has 1 aliphatic heterocycles. The van der Waals surface area contributed by atoms with E-state index in [0.717, 1.165) is 5.56 Å². The number of benzene rings is 1. The van der Waals surface area contributed by atoms with E-state index in [-0.39, 0.29) is 0 Å². The van der Waals surface area contributed by atoms with Gasteiger partial charge in [-0.3, -0.25) is 0 Å². The van der Waals surface area contributed by atoms with Crippen molar-refractivity contribution in [2.45, 2.75) is 13.1 Å². The van der Waals surface area contributed by atoms with Gasteiger partial charge in [-0.15, -0.1) is 0 Å². The highest BCUT2D eigenvalue weighted by atomic mass is 28.3. The Bertz CT molecular complexity index is 424. The first kappa shape index (κ1) is 8.27. The highest BCUT2D eigenvalue weighted by molar-refractivity contribution is 6.96. The van der Waals surface area contributed by atoms with Gasteiger partial charge in [0, 0.05) is 0 Å². The molecular formula is C11H11NSi. The lowest BCUT2D eigenvalue weighted by Crippen LogP contribution is -2.37. The largest absolute Gasteiger partial charge is 0.192 e. The second-order valence-electron chi connectivity index (χ2n) is 3.97. The summed E-state index contributed by atoms with van der Waals surface area (Å²) in [5.41, 5.74) is 4.40. The fraction of sp³-hybridized carbons (Fsp3) is 0.182. The van der Waals surface area contributed by atoms with E-state index >= 15 is 0 Å². The summed E-state index contributed by atoms with van der Waals surface area (Å²) in [6.07, 6.45) is 2.18. The van der Waals surface area contributed by atoms with E-state index < -0.39 is 8.07 Å². The van der Waals surface area contributed by atoms with Crippen LogP contribution in [0.4, 0.5) is 0 Å². The molecule has 0 radical (unpaired) electrons. The van der Waals surface area contributed by atoms with Crippen molar-refractivity contribution in [3.8, 4) is 6.07 Å². The Hall–Kier alpha value is -1.33. The Balaban J connectivity index is 2.62. The van der Waals surface area contributed by atoms with E-state index in [4.69, 9.17) is 5.26 Å². The Morgan fingerprint density at radius 2 is 2.08 bits per heavy atom. The number of hydrogen-bond acceptors (Lipinski definition) is 1. The van der Waals surface area contributed by atoms with Crippen molar-refractivity contribution in [1.29, 1.82) is 5.26 Å². The highest BCUT2D eigenvalue weighted by Gasteiger charge is 2.26. The molecule has 0 spiro atoms. The molecule has 0 atom stereocenters. The van der Waals surface area contributed by atoms with Crippen LogP contribution in [-0.2, 0) is 0 Å². The third kappa shape index (κ3) is 1.22. The Morgan fingerprint density at radius 3 is 2.77 bits per heavy atom. The lowest BCUT2D eigenvalue weighted by atomic mass is 10.1. The number of hydrogen-bond donors (Lipinski definition) is 0. The fourth-order valence-corrected chi connectivity index (χ4v) is 3.93. The minimum Gasteiger partial charge on any atom is -0.192 e. The zero-order valence-electron chi connectivity index (χ0n) is 7.83. The van der Waals surface area contributed by atoms with Gasteiger partial charge in [0.15, 0.2) is 0 Å². The monoisotopic (exact) mass is 185 g/mol. The predicted molar refractivity (Wildman–Crippen MR) is 57.3 cm³/mol. The Morgan fingerprint density at radius 1 is 1.31 bits per heavy atom. The van der Waals surface area contributed by atoms with Crippen LogP contribution in [0.15, 0.2) is 23.9 Å². The number of rotatable bonds is 0. The van der Waals surface area contributed by atoms with Gasteiger partial charge in [0.1, 0.15) is 8.07 Å². The number of nitrogens with zero attached hydrogens (tertiary/aromatic N) is 1. The first-order valence-electron chi connectivity index (χ1n) is 4.37. The van der Waals surface area contributed by atoms with Crippen molar-refractivity contribution in [2.75, 3.05) is 0 Å². The summed E-state index contributed by atoms with van der Waals surface area (Å²) in [6, 6.07) is 8.17. The van der Waals surface area contributed by atoms with Gasteiger partial charge in [-0.25, -0.2) is 0 Å². The van der Waals surface area contributed by atoms with Crippen LogP contribution in [0.3, 0.4) is 0 Å². The molecule has 1 aromatic carbocycles. The molecule has 0 amide bonds. The maximum absolute atomic E-state index is 8.78. The Labute approximate surface area is 79.3 Å². The summed E-state index contributed by atoms with van der Waals surface area (Å²) in [5, 5.41) is 10.2. The van der Waals surface area contributed by atoms with Crippen LogP contribution in [0, 0.1) is 11.3 Å². The average Bonchev–Trinajstić information content (AvgIpc) is 2.42. The zero-order chi connectivity index (χ0) is 9.47. The molecule has 2 heteroatoms. The van der Waals surface area contributed by atoms with E-state index in [9.17, 15) is 0 Å². The van der Waals surface area contributed by atoms with Gasteiger partial charge >= 0.3 is 0 Å². The molecule has 0 saturated heterocycles. The van der Waals surface area contributed by atoms with Crippen LogP contribution in [0.2, 0.25) is 13.1 Å². The average molecular weight is 185 g/mol. The summed E-state index contributed by atoms with van der Waals surface area (Å²) in [6.45, 7) is 4.60. The summed E-state index contributed by atoms with van der Waals surface area (Å²) in [7, 11) is -1.34. The second-order valence-corrected chi connectivity index (χ2v) is 8.28. The SMILES string of the molecule is C[Si]1(C)C=Cc2ccc(C#N)cc21. The van der Waals surface area contributed by atoms with E-state index in [1.165, 1.54) is 10.8 Å². The molecule has 0 bridgehead atoms. The van der Waals surface area contributed by atoms with Crippen LogP contribution in [-0.4, -0.2) is 8.07 Å². The van der Waals surface area contributed by atoms with E-state index in [0.29, 0.717) is 0 Å². The van der Waals surface area contributed by atoms with Crippen molar-refractivity contribution in [3.05, 3.63) is 35.0 Å². The smallest absolute Gasteiger partial charge is 0.105 e. The molecule has 0 aromatic heterocycles. The standard InChI is InChI=1S/C11H11NSi/c1-13(2)6-5-10-4-3-9(8-12)7-11(10)13/h3-7H,1-2H3. The molecule has 1 heterocycles. The van der Waals surface area contributed by atoms with Crippen molar-refractivity contribution in [2.24, 2.45) is 0 Å². The van der Waals surface area contributed by atoms with Gasteiger partial charge in [-0.2, -0.15) is 5.26 Å². The van der Waals surface area contributed by atoms with E-state index in [1.807, 2.05) is 18.2 Å². The molecular weight excluding hydrogens is 174 g/mol. The molecule has 1 aromatic rings. The second kappa shape index (κ2) is 2.58. The van der Waals surface area contributed by atoms with Gasteiger partial charge < -0.3 is 0 Å². The van der Waals surface area contributed by atoms with Gasteiger partial charge in [0.25, 0.3) is 0 Å². The highest BCUT2D eigenvalue weighted by Crippen LogP contribution is 2.19. The first-order valence-corrected chi connectivity index (χ1v) is 7.45. The molecule has 0 saturated carbocycles.